The molecule has 0 saturated heterocycles. The first kappa shape index (κ1) is 14.5. The number of hydrogen-bond donors (Lipinski definition) is 1. The molecule has 3 rings (SSSR count). The van der Waals surface area contributed by atoms with Gasteiger partial charge < -0.3 is 9.73 Å². The highest BCUT2D eigenvalue weighted by atomic mass is 32.1. The fraction of sp³-hybridized carbons (Fsp3) is 0.188. The number of amides is 1. The van der Waals surface area contributed by atoms with Crippen molar-refractivity contribution in [1.82, 2.24) is 9.97 Å². The average Bonchev–Trinajstić information content (AvgIpc) is 3.16. The van der Waals surface area contributed by atoms with Crippen LogP contribution < -0.4 is 5.32 Å². The molecule has 112 valence electrons. The van der Waals surface area contributed by atoms with Gasteiger partial charge in [0.2, 0.25) is 5.91 Å². The zero-order valence-corrected chi connectivity index (χ0v) is 12.9. The zero-order chi connectivity index (χ0) is 15.4. The summed E-state index contributed by atoms with van der Waals surface area (Å²) in [6.07, 6.45) is 4.30. The van der Waals surface area contributed by atoms with Crippen LogP contribution in [0.4, 0.5) is 5.13 Å². The number of hydrogen-bond acceptors (Lipinski definition) is 5. The van der Waals surface area contributed by atoms with Crippen molar-refractivity contribution in [3.63, 3.8) is 0 Å². The van der Waals surface area contributed by atoms with E-state index in [1.807, 2.05) is 37.3 Å². The normalized spacial score (nSPS) is 10.6. The van der Waals surface area contributed by atoms with Gasteiger partial charge in [-0.05, 0) is 31.2 Å². The van der Waals surface area contributed by atoms with Gasteiger partial charge in [0.15, 0.2) is 5.13 Å². The lowest BCUT2D eigenvalue weighted by atomic mass is 10.2. The quantitative estimate of drug-likeness (QED) is 0.780. The van der Waals surface area contributed by atoms with E-state index in [-0.39, 0.29) is 5.91 Å². The number of anilines is 1. The molecule has 0 radical (unpaired) electrons. The molecule has 5 nitrogen and oxygen atoms in total. The van der Waals surface area contributed by atoms with Crippen molar-refractivity contribution in [1.29, 1.82) is 0 Å². The molecule has 0 unspecified atom stereocenters. The monoisotopic (exact) mass is 313 g/mol. The molecule has 3 heterocycles. The fourth-order valence-corrected chi connectivity index (χ4v) is 3.02. The summed E-state index contributed by atoms with van der Waals surface area (Å²) in [6, 6.07) is 9.42. The first-order valence-corrected chi connectivity index (χ1v) is 7.75. The number of furan rings is 1. The molecule has 0 aliphatic carbocycles. The maximum Gasteiger partial charge on any atom is 0.226 e. The molecule has 1 amide bonds. The molecule has 0 spiro atoms. The van der Waals surface area contributed by atoms with Crippen molar-refractivity contribution in [3.8, 4) is 10.6 Å². The number of aryl methyl sites for hydroxylation is 2. The second-order valence-electron chi connectivity index (χ2n) is 4.78. The number of carbonyl (C=O) groups excluding carboxylic acids is 1. The molecule has 0 saturated carbocycles. The van der Waals surface area contributed by atoms with Gasteiger partial charge in [-0.15, -0.1) is 0 Å². The van der Waals surface area contributed by atoms with Gasteiger partial charge in [-0.3, -0.25) is 9.78 Å². The smallest absolute Gasteiger partial charge is 0.226 e. The minimum atomic E-state index is -0.0716. The molecule has 0 atom stereocenters. The Morgan fingerprint density at radius 1 is 1.32 bits per heavy atom. The van der Waals surface area contributed by atoms with E-state index in [0.717, 1.165) is 22.0 Å². The fourth-order valence-electron chi connectivity index (χ4n) is 2.06. The first-order valence-electron chi connectivity index (χ1n) is 6.93. The molecular formula is C16H15N3O2S. The summed E-state index contributed by atoms with van der Waals surface area (Å²) in [5.74, 6) is 0.734. The van der Waals surface area contributed by atoms with Gasteiger partial charge >= 0.3 is 0 Å². The minimum Gasteiger partial charge on any atom is -0.469 e. The lowest BCUT2D eigenvalue weighted by Gasteiger charge is -1.99. The van der Waals surface area contributed by atoms with E-state index >= 15 is 0 Å². The number of thiazole rings is 1. The predicted octanol–water partition coefficient (Wildman–Crippen LogP) is 3.68. The first-order chi connectivity index (χ1) is 10.7. The molecule has 3 aromatic rings. The van der Waals surface area contributed by atoms with Crippen LogP contribution in [-0.2, 0) is 11.2 Å². The maximum absolute atomic E-state index is 12.0. The van der Waals surface area contributed by atoms with Crippen LogP contribution in [-0.4, -0.2) is 15.9 Å². The van der Waals surface area contributed by atoms with Crippen LogP contribution >= 0.6 is 11.3 Å². The van der Waals surface area contributed by atoms with Crippen LogP contribution in [0, 0.1) is 6.92 Å². The Labute approximate surface area is 132 Å². The van der Waals surface area contributed by atoms with Crippen LogP contribution in [0.25, 0.3) is 10.6 Å². The van der Waals surface area contributed by atoms with E-state index in [4.69, 9.17) is 4.42 Å². The molecule has 0 bridgehead atoms. The lowest BCUT2D eigenvalue weighted by Crippen LogP contribution is -2.11. The highest BCUT2D eigenvalue weighted by Gasteiger charge is 2.13. The summed E-state index contributed by atoms with van der Waals surface area (Å²) in [6.45, 7) is 1.92. The molecule has 0 fully saturated rings. The Morgan fingerprint density at radius 2 is 2.23 bits per heavy atom. The number of carbonyl (C=O) groups is 1. The minimum absolute atomic E-state index is 0.0716. The Morgan fingerprint density at radius 3 is 2.95 bits per heavy atom. The van der Waals surface area contributed by atoms with Crippen LogP contribution in [0.5, 0.6) is 0 Å². The van der Waals surface area contributed by atoms with Crippen molar-refractivity contribution in [2.75, 3.05) is 5.32 Å². The Balaban J connectivity index is 1.64. The van der Waals surface area contributed by atoms with Gasteiger partial charge in [0.05, 0.1) is 22.5 Å². The summed E-state index contributed by atoms with van der Waals surface area (Å²) >= 11 is 1.44. The number of pyridine rings is 1. The van der Waals surface area contributed by atoms with Crippen molar-refractivity contribution in [2.24, 2.45) is 0 Å². The van der Waals surface area contributed by atoms with Crippen LogP contribution in [0.3, 0.4) is 0 Å². The third kappa shape index (κ3) is 3.40. The highest BCUT2D eigenvalue weighted by Crippen LogP contribution is 2.31. The molecule has 6 heteroatoms. The lowest BCUT2D eigenvalue weighted by molar-refractivity contribution is -0.116. The van der Waals surface area contributed by atoms with Crippen molar-refractivity contribution < 1.29 is 9.21 Å². The molecular weight excluding hydrogens is 298 g/mol. The van der Waals surface area contributed by atoms with Crippen LogP contribution in [0.1, 0.15) is 17.9 Å². The number of aromatic nitrogens is 2. The third-order valence-corrected chi connectivity index (χ3v) is 4.21. The highest BCUT2D eigenvalue weighted by molar-refractivity contribution is 7.19. The Hall–Kier alpha value is -2.47. The molecule has 0 aromatic carbocycles. The van der Waals surface area contributed by atoms with Crippen molar-refractivity contribution in [3.05, 3.63) is 54.2 Å². The van der Waals surface area contributed by atoms with Gasteiger partial charge in [0, 0.05) is 19.0 Å². The number of nitrogens with one attached hydrogen (secondary N) is 1. The average molecular weight is 313 g/mol. The standard InChI is InChI=1S/C16H15N3O2S/c1-11-15(13-6-2-3-9-17-13)22-16(18-11)19-14(20)8-7-12-5-4-10-21-12/h2-6,9-10H,7-8H2,1H3,(H,18,19,20). The van der Waals surface area contributed by atoms with E-state index in [1.165, 1.54) is 11.3 Å². The molecule has 0 aliphatic rings. The summed E-state index contributed by atoms with van der Waals surface area (Å²) in [4.78, 5) is 21.6. The largest absolute Gasteiger partial charge is 0.469 e. The molecule has 0 aliphatic heterocycles. The number of rotatable bonds is 5. The summed E-state index contributed by atoms with van der Waals surface area (Å²) in [5, 5.41) is 3.43. The van der Waals surface area contributed by atoms with E-state index in [1.54, 1.807) is 12.5 Å². The Bertz CT molecular complexity index is 751. The second kappa shape index (κ2) is 6.53. The van der Waals surface area contributed by atoms with Gasteiger partial charge in [-0.2, -0.15) is 0 Å². The SMILES string of the molecule is Cc1nc(NC(=O)CCc2ccco2)sc1-c1ccccn1. The van der Waals surface area contributed by atoms with Crippen molar-refractivity contribution in [2.45, 2.75) is 19.8 Å². The van der Waals surface area contributed by atoms with E-state index < -0.39 is 0 Å². The zero-order valence-electron chi connectivity index (χ0n) is 12.1. The van der Waals surface area contributed by atoms with Gasteiger partial charge in [-0.25, -0.2) is 4.98 Å². The molecule has 1 N–H and O–H groups in total. The summed E-state index contributed by atoms with van der Waals surface area (Å²) < 4.78 is 5.21. The van der Waals surface area contributed by atoms with E-state index in [2.05, 4.69) is 15.3 Å². The molecule has 3 aromatic heterocycles. The van der Waals surface area contributed by atoms with E-state index in [9.17, 15) is 4.79 Å². The summed E-state index contributed by atoms with van der Waals surface area (Å²) in [7, 11) is 0. The maximum atomic E-state index is 12.0. The van der Waals surface area contributed by atoms with Crippen LogP contribution in [0.2, 0.25) is 0 Å². The van der Waals surface area contributed by atoms with E-state index in [0.29, 0.717) is 18.0 Å². The Kier molecular flexibility index (Phi) is 4.29. The van der Waals surface area contributed by atoms with Gasteiger partial charge in [0.1, 0.15) is 5.76 Å². The van der Waals surface area contributed by atoms with Gasteiger partial charge in [0.25, 0.3) is 0 Å². The second-order valence-corrected chi connectivity index (χ2v) is 5.78. The molecule has 22 heavy (non-hydrogen) atoms. The van der Waals surface area contributed by atoms with Gasteiger partial charge in [-0.1, -0.05) is 17.4 Å². The topological polar surface area (TPSA) is 68.0 Å². The summed E-state index contributed by atoms with van der Waals surface area (Å²) in [5.41, 5.74) is 1.73. The number of nitrogens with zero attached hydrogens (tertiary/aromatic N) is 2. The van der Waals surface area contributed by atoms with Crippen molar-refractivity contribution >= 4 is 22.4 Å². The van der Waals surface area contributed by atoms with Crippen LogP contribution in [0.15, 0.2) is 47.2 Å². The third-order valence-electron chi connectivity index (χ3n) is 3.12. The predicted molar refractivity (Wildman–Crippen MR) is 85.7 cm³/mol.